The average molecular weight is 901 g/mol. The van der Waals surface area contributed by atoms with Gasteiger partial charge in [-0.15, -0.1) is 0 Å². The van der Waals surface area contributed by atoms with Crippen LogP contribution in [0, 0.1) is 0 Å². The highest BCUT2D eigenvalue weighted by atomic mass is 16.4. The van der Waals surface area contributed by atoms with E-state index in [0.717, 1.165) is 51.6 Å². The Bertz CT molecular complexity index is 1420. The number of rotatable bonds is 43. The Hall–Kier alpha value is -4.32. The number of carbonyl (C=O) groups is 2. The van der Waals surface area contributed by atoms with Crippen LogP contribution in [0.3, 0.4) is 0 Å². The quantitative estimate of drug-likeness (QED) is 0.0356. The molecular weight excluding hydrogens is 813 g/mol. The Balaban J connectivity index is 2.00. The lowest BCUT2D eigenvalue weighted by Crippen LogP contribution is -2.49. The number of nitrogens with one attached hydrogen (secondary N) is 6. The summed E-state index contributed by atoms with van der Waals surface area (Å²) in [6, 6.07) is 0. The van der Waals surface area contributed by atoms with Gasteiger partial charge >= 0.3 is 0 Å². The number of carboxylic acids is 2. The molecule has 0 atom stereocenters. The molecule has 0 aliphatic heterocycles. The lowest BCUT2D eigenvalue weighted by Gasteiger charge is -2.30. The van der Waals surface area contributed by atoms with Crippen molar-refractivity contribution in [2.24, 2.45) is 0 Å². The summed E-state index contributed by atoms with van der Waals surface area (Å²) in [6.07, 6.45) is 26.7. The Morgan fingerprint density at radius 3 is 0.828 bits per heavy atom. The SMILES string of the molecule is CCCCCCCCCCCCNc1nc(NCCC[N+](C)(C)CC(=O)[O-])nc(NCCNc2nc(NCCCCCCCCCCCC)nc(NCCC[N+](C)(C)CC(=O)[O-])n2)n1. The minimum absolute atomic E-state index is 0.0488. The van der Waals surface area contributed by atoms with Gasteiger partial charge in [-0.2, -0.15) is 29.9 Å². The largest absolute Gasteiger partial charge is 0.544 e. The third-order valence-electron chi connectivity index (χ3n) is 11.1. The van der Waals surface area contributed by atoms with Crippen LogP contribution < -0.4 is 42.1 Å². The van der Waals surface area contributed by atoms with Crippen LogP contribution in [-0.2, 0) is 9.59 Å². The summed E-state index contributed by atoms with van der Waals surface area (Å²) >= 11 is 0. The number of likely N-dealkylation sites (N-methyl/N-ethyl adjacent to an activating group) is 2. The highest BCUT2D eigenvalue weighted by Crippen LogP contribution is 2.15. The predicted molar refractivity (Wildman–Crippen MR) is 257 cm³/mol. The molecule has 0 unspecified atom stereocenters. The van der Waals surface area contributed by atoms with Crippen molar-refractivity contribution >= 4 is 47.6 Å². The first-order valence-corrected chi connectivity index (χ1v) is 24.8. The molecule has 2 aromatic heterocycles. The summed E-state index contributed by atoms with van der Waals surface area (Å²) in [5, 5.41) is 42.4. The van der Waals surface area contributed by atoms with Crippen LogP contribution in [-0.4, -0.2) is 144 Å². The van der Waals surface area contributed by atoms with Crippen LogP contribution in [0.2, 0.25) is 0 Å². The van der Waals surface area contributed by atoms with E-state index in [0.29, 0.717) is 83.9 Å². The van der Waals surface area contributed by atoms with Gasteiger partial charge in [0.2, 0.25) is 35.7 Å². The van der Waals surface area contributed by atoms with Crippen LogP contribution >= 0.6 is 0 Å². The van der Waals surface area contributed by atoms with Crippen molar-refractivity contribution in [1.82, 2.24) is 29.9 Å². The van der Waals surface area contributed by atoms with Gasteiger partial charge in [-0.3, -0.25) is 0 Å². The fourth-order valence-electron chi connectivity index (χ4n) is 7.47. The van der Waals surface area contributed by atoms with Gasteiger partial charge in [0, 0.05) is 52.1 Å². The number of carboxylic acid groups (broad SMARTS) is 2. The van der Waals surface area contributed by atoms with Crippen LogP contribution in [0.1, 0.15) is 155 Å². The molecule has 0 bridgehead atoms. The summed E-state index contributed by atoms with van der Waals surface area (Å²) < 4.78 is 0.652. The number of unbranched alkanes of at least 4 members (excludes halogenated alkanes) is 18. The second-order valence-corrected chi connectivity index (χ2v) is 18.6. The van der Waals surface area contributed by atoms with Crippen LogP contribution in [0.25, 0.3) is 0 Å². The summed E-state index contributed by atoms with van der Waals surface area (Å²) in [5.74, 6) is 0.585. The fraction of sp³-hybridized carbons (Fsp3) is 0.826. The van der Waals surface area contributed by atoms with Gasteiger partial charge in [0.05, 0.1) is 53.2 Å². The van der Waals surface area contributed by atoms with Crippen molar-refractivity contribution in [3.05, 3.63) is 0 Å². The molecule has 0 radical (unpaired) electrons. The maximum atomic E-state index is 11.2. The molecule has 2 rings (SSSR count). The van der Waals surface area contributed by atoms with Crippen molar-refractivity contribution in [3.63, 3.8) is 0 Å². The Morgan fingerprint density at radius 1 is 0.359 bits per heavy atom. The summed E-state index contributed by atoms with van der Waals surface area (Å²) in [4.78, 5) is 50.2. The lowest BCUT2D eigenvalue weighted by atomic mass is 10.1. The van der Waals surface area contributed by atoms with Crippen molar-refractivity contribution in [1.29, 1.82) is 0 Å². The summed E-state index contributed by atoms with van der Waals surface area (Å²) in [7, 11) is 7.50. The lowest BCUT2D eigenvalue weighted by molar-refractivity contribution is -0.884. The molecule has 18 heteroatoms. The molecular formula is C46H88N14O4. The number of aliphatic carboxylic acids is 2. The Labute approximate surface area is 386 Å². The van der Waals surface area contributed by atoms with Gasteiger partial charge in [0.25, 0.3) is 0 Å². The standard InChI is InChI=1S/C46H88N14O4/c1-7-9-11-13-15-17-19-21-23-25-29-47-41-53-43(49-31-27-35-59(3,4)37-39(61)62)57-45(55-41)51-33-34-52-46-56-42(48-30-26-24-22-20-18-16-14-12-10-8-2)54-44(58-46)50-32-28-36-60(5,6)38-40(63)64/h7-38H2,1-6H3,(H6-2,47,48,49,50,51,52,53,54,55,56,57,58,61,62,63,64). The molecule has 0 aliphatic carbocycles. The molecule has 2 aromatic rings. The maximum absolute atomic E-state index is 11.2. The van der Waals surface area contributed by atoms with Gasteiger partial charge in [-0.05, 0) is 12.8 Å². The first-order chi connectivity index (χ1) is 30.8. The topological polar surface area (TPSA) is 230 Å². The third kappa shape index (κ3) is 29.9. The number of anilines is 6. The predicted octanol–water partition coefficient (Wildman–Crippen LogP) is 5.50. The molecule has 0 aromatic carbocycles. The van der Waals surface area contributed by atoms with E-state index in [2.05, 4.69) is 75.7 Å². The van der Waals surface area contributed by atoms with E-state index in [1.165, 1.54) is 103 Å². The third-order valence-corrected chi connectivity index (χ3v) is 11.1. The second-order valence-electron chi connectivity index (χ2n) is 18.6. The van der Waals surface area contributed by atoms with E-state index in [1.807, 2.05) is 28.2 Å². The van der Waals surface area contributed by atoms with Crippen molar-refractivity contribution in [2.75, 3.05) is 126 Å². The maximum Gasteiger partial charge on any atom is 0.229 e. The van der Waals surface area contributed by atoms with Crippen LogP contribution in [0.15, 0.2) is 0 Å². The Morgan fingerprint density at radius 2 is 0.578 bits per heavy atom. The highest BCUT2D eigenvalue weighted by molar-refractivity contribution is 5.65. The summed E-state index contributed by atoms with van der Waals surface area (Å²) in [5.41, 5.74) is 0. The van der Waals surface area contributed by atoms with Crippen molar-refractivity contribution in [3.8, 4) is 0 Å². The van der Waals surface area contributed by atoms with E-state index in [-0.39, 0.29) is 13.1 Å². The van der Waals surface area contributed by atoms with Crippen molar-refractivity contribution in [2.45, 2.75) is 155 Å². The smallest absolute Gasteiger partial charge is 0.229 e. The van der Waals surface area contributed by atoms with Crippen LogP contribution in [0.5, 0.6) is 0 Å². The molecule has 0 saturated heterocycles. The van der Waals surface area contributed by atoms with Gasteiger partial charge in [0.1, 0.15) is 13.1 Å². The van der Waals surface area contributed by atoms with E-state index in [4.69, 9.17) is 0 Å². The molecule has 0 amide bonds. The minimum atomic E-state index is -1.06. The highest BCUT2D eigenvalue weighted by Gasteiger charge is 2.16. The number of hydrogen-bond donors (Lipinski definition) is 6. The number of quaternary nitrogens is 2. The second kappa shape index (κ2) is 34.1. The van der Waals surface area contributed by atoms with Gasteiger partial charge in [-0.1, -0.05) is 129 Å². The van der Waals surface area contributed by atoms with Gasteiger partial charge < -0.3 is 60.7 Å². The first-order valence-electron chi connectivity index (χ1n) is 24.8. The summed E-state index contributed by atoms with van der Waals surface area (Å²) in [6.45, 7) is 9.32. The molecule has 64 heavy (non-hydrogen) atoms. The molecule has 0 fully saturated rings. The Kier molecular flexibility index (Phi) is 29.7. The molecule has 2 heterocycles. The van der Waals surface area contributed by atoms with E-state index in [1.54, 1.807) is 0 Å². The molecule has 0 aliphatic rings. The number of carbonyl (C=O) groups excluding carboxylic acids is 2. The van der Waals surface area contributed by atoms with Crippen molar-refractivity contribution < 1.29 is 28.8 Å². The van der Waals surface area contributed by atoms with Crippen LogP contribution in [0.4, 0.5) is 35.7 Å². The minimum Gasteiger partial charge on any atom is -0.544 e. The molecule has 0 saturated carbocycles. The molecule has 0 spiro atoms. The van der Waals surface area contributed by atoms with E-state index in [9.17, 15) is 19.8 Å². The average Bonchev–Trinajstić information content (AvgIpc) is 3.23. The molecule has 18 nitrogen and oxygen atoms in total. The van der Waals surface area contributed by atoms with Gasteiger partial charge in [-0.25, -0.2) is 0 Å². The fourth-order valence-corrected chi connectivity index (χ4v) is 7.47. The first kappa shape index (κ1) is 55.8. The van der Waals surface area contributed by atoms with Gasteiger partial charge in [0.15, 0.2) is 0 Å². The normalized spacial score (nSPS) is 11.7. The van der Waals surface area contributed by atoms with E-state index < -0.39 is 11.9 Å². The molecule has 6 N–H and O–H groups in total. The van der Waals surface area contributed by atoms with E-state index >= 15 is 0 Å². The monoisotopic (exact) mass is 901 g/mol. The number of nitrogens with zero attached hydrogens (tertiary/aromatic N) is 8. The zero-order valence-corrected chi connectivity index (χ0v) is 40.8. The molecule has 366 valence electrons. The zero-order chi connectivity index (χ0) is 46.7. The number of aromatic nitrogens is 6. The zero-order valence-electron chi connectivity index (χ0n) is 40.8. The number of hydrogen-bond acceptors (Lipinski definition) is 16.